The van der Waals surface area contributed by atoms with Crippen LogP contribution in [0.2, 0.25) is 0 Å². The fraction of sp³-hybridized carbons (Fsp3) is 0.227. The number of halogens is 1. The number of imidazole rings is 1. The normalized spacial score (nSPS) is 16.1. The van der Waals surface area contributed by atoms with Gasteiger partial charge in [0.15, 0.2) is 5.16 Å². The predicted molar refractivity (Wildman–Crippen MR) is 112 cm³/mol. The van der Waals surface area contributed by atoms with Crippen LogP contribution >= 0.6 is 11.8 Å². The van der Waals surface area contributed by atoms with Gasteiger partial charge in [-0.05, 0) is 35.5 Å². The van der Waals surface area contributed by atoms with E-state index in [2.05, 4.69) is 10.3 Å². The molecule has 0 saturated carbocycles. The zero-order valence-electron chi connectivity index (χ0n) is 16.4. The summed E-state index contributed by atoms with van der Waals surface area (Å²) in [7, 11) is 1.86. The third-order valence-electron chi connectivity index (χ3n) is 4.98. The molecule has 1 aromatic heterocycles. The lowest BCUT2D eigenvalue weighted by Crippen LogP contribution is -2.28. The number of aryl methyl sites for hydroxylation is 1. The van der Waals surface area contributed by atoms with E-state index in [1.54, 1.807) is 17.2 Å². The van der Waals surface area contributed by atoms with Crippen molar-refractivity contribution in [3.05, 3.63) is 72.3 Å². The van der Waals surface area contributed by atoms with Crippen LogP contribution in [-0.4, -0.2) is 32.8 Å². The SMILES string of the molecule is Cn1ccnc1Sc1ccc(F)cc1NC(=O)C1CC(=O)N(Cc2ccccc2)C1. The van der Waals surface area contributed by atoms with Crippen LogP contribution in [0.4, 0.5) is 10.1 Å². The third kappa shape index (κ3) is 4.54. The second-order valence-corrected chi connectivity index (χ2v) is 8.22. The van der Waals surface area contributed by atoms with Crippen molar-refractivity contribution in [1.29, 1.82) is 0 Å². The van der Waals surface area contributed by atoms with Crippen LogP contribution in [0.3, 0.4) is 0 Å². The third-order valence-corrected chi connectivity index (χ3v) is 6.13. The van der Waals surface area contributed by atoms with Gasteiger partial charge in [-0.2, -0.15) is 0 Å². The van der Waals surface area contributed by atoms with Gasteiger partial charge in [-0.25, -0.2) is 9.37 Å². The molecule has 1 aliphatic rings. The maximum atomic E-state index is 13.9. The smallest absolute Gasteiger partial charge is 0.229 e. The van der Waals surface area contributed by atoms with Crippen LogP contribution in [0.1, 0.15) is 12.0 Å². The molecule has 2 aromatic carbocycles. The molecule has 0 bridgehead atoms. The summed E-state index contributed by atoms with van der Waals surface area (Å²) in [4.78, 5) is 31.9. The molecule has 154 valence electrons. The van der Waals surface area contributed by atoms with Crippen molar-refractivity contribution in [3.63, 3.8) is 0 Å². The van der Waals surface area contributed by atoms with Crippen molar-refractivity contribution >= 4 is 29.3 Å². The maximum Gasteiger partial charge on any atom is 0.229 e. The zero-order chi connectivity index (χ0) is 21.1. The lowest BCUT2D eigenvalue weighted by molar-refractivity contribution is -0.128. The molecule has 0 spiro atoms. The van der Waals surface area contributed by atoms with Crippen molar-refractivity contribution in [1.82, 2.24) is 14.5 Å². The van der Waals surface area contributed by atoms with E-state index in [4.69, 9.17) is 0 Å². The minimum absolute atomic E-state index is 0.0548. The Morgan fingerprint density at radius 3 is 2.80 bits per heavy atom. The zero-order valence-corrected chi connectivity index (χ0v) is 17.2. The first-order chi connectivity index (χ1) is 14.5. The Bertz CT molecular complexity index is 1070. The van der Waals surface area contributed by atoms with E-state index in [1.807, 2.05) is 48.1 Å². The number of carbonyl (C=O) groups is 2. The van der Waals surface area contributed by atoms with Crippen molar-refractivity contribution in [2.45, 2.75) is 23.0 Å². The van der Waals surface area contributed by atoms with E-state index in [1.165, 1.54) is 23.9 Å². The van der Waals surface area contributed by atoms with Gasteiger partial charge in [-0.15, -0.1) is 0 Å². The van der Waals surface area contributed by atoms with Gasteiger partial charge < -0.3 is 14.8 Å². The number of likely N-dealkylation sites (tertiary alicyclic amines) is 1. The summed E-state index contributed by atoms with van der Waals surface area (Å²) in [6, 6.07) is 13.9. The Morgan fingerprint density at radius 1 is 1.27 bits per heavy atom. The van der Waals surface area contributed by atoms with Gasteiger partial charge in [0.25, 0.3) is 0 Å². The molecule has 0 radical (unpaired) electrons. The Balaban J connectivity index is 1.45. The first kappa shape index (κ1) is 20.2. The van der Waals surface area contributed by atoms with E-state index >= 15 is 0 Å². The number of rotatable bonds is 6. The topological polar surface area (TPSA) is 67.2 Å². The number of aromatic nitrogens is 2. The molecular weight excluding hydrogens is 403 g/mol. The summed E-state index contributed by atoms with van der Waals surface area (Å²) < 4.78 is 15.7. The molecule has 30 heavy (non-hydrogen) atoms. The number of hydrogen-bond acceptors (Lipinski definition) is 4. The van der Waals surface area contributed by atoms with Gasteiger partial charge in [0, 0.05) is 43.8 Å². The minimum Gasteiger partial charge on any atom is -0.338 e. The molecule has 1 N–H and O–H groups in total. The van der Waals surface area contributed by atoms with Crippen LogP contribution in [-0.2, 0) is 23.2 Å². The van der Waals surface area contributed by atoms with Crippen molar-refractivity contribution < 1.29 is 14.0 Å². The van der Waals surface area contributed by atoms with Crippen LogP contribution in [0.5, 0.6) is 0 Å². The number of hydrogen-bond donors (Lipinski definition) is 1. The average Bonchev–Trinajstić information content (AvgIpc) is 3.30. The fourth-order valence-electron chi connectivity index (χ4n) is 3.38. The first-order valence-corrected chi connectivity index (χ1v) is 10.4. The largest absolute Gasteiger partial charge is 0.338 e. The lowest BCUT2D eigenvalue weighted by atomic mass is 10.1. The first-order valence-electron chi connectivity index (χ1n) is 9.57. The average molecular weight is 425 g/mol. The van der Waals surface area contributed by atoms with Gasteiger partial charge in [0.2, 0.25) is 11.8 Å². The Hall–Kier alpha value is -3.13. The highest BCUT2D eigenvalue weighted by Crippen LogP contribution is 2.33. The number of nitrogens with zero attached hydrogens (tertiary/aromatic N) is 3. The van der Waals surface area contributed by atoms with Gasteiger partial charge >= 0.3 is 0 Å². The number of anilines is 1. The molecule has 8 heteroatoms. The van der Waals surface area contributed by atoms with Crippen molar-refractivity contribution in [2.75, 3.05) is 11.9 Å². The van der Waals surface area contributed by atoms with Crippen LogP contribution in [0.25, 0.3) is 0 Å². The van der Waals surface area contributed by atoms with Crippen LogP contribution in [0.15, 0.2) is 71.0 Å². The monoisotopic (exact) mass is 424 g/mol. The summed E-state index contributed by atoms with van der Waals surface area (Å²) in [5.74, 6) is -1.26. The van der Waals surface area contributed by atoms with Crippen LogP contribution < -0.4 is 5.32 Å². The van der Waals surface area contributed by atoms with Gasteiger partial charge in [-0.3, -0.25) is 9.59 Å². The predicted octanol–water partition coefficient (Wildman–Crippen LogP) is 3.70. The van der Waals surface area contributed by atoms with Gasteiger partial charge in [0.05, 0.1) is 11.6 Å². The summed E-state index contributed by atoms with van der Waals surface area (Å²) >= 11 is 1.34. The fourth-order valence-corrected chi connectivity index (χ4v) is 4.25. The molecular formula is C22H21FN4O2S. The highest BCUT2D eigenvalue weighted by molar-refractivity contribution is 7.99. The molecule has 1 saturated heterocycles. The van der Waals surface area contributed by atoms with Crippen molar-refractivity contribution in [3.8, 4) is 0 Å². The quantitative estimate of drug-likeness (QED) is 0.655. The van der Waals surface area contributed by atoms with Gasteiger partial charge in [0.1, 0.15) is 5.82 Å². The summed E-state index contributed by atoms with van der Waals surface area (Å²) in [6.45, 7) is 0.820. The molecule has 1 unspecified atom stereocenters. The molecule has 3 aromatic rings. The highest BCUT2D eigenvalue weighted by atomic mass is 32.2. The van der Waals surface area contributed by atoms with E-state index in [0.717, 1.165) is 10.7 Å². The summed E-state index contributed by atoms with van der Waals surface area (Å²) in [5.41, 5.74) is 1.40. The molecule has 6 nitrogen and oxygen atoms in total. The van der Waals surface area contributed by atoms with E-state index in [0.29, 0.717) is 23.7 Å². The molecule has 4 rings (SSSR count). The highest BCUT2D eigenvalue weighted by Gasteiger charge is 2.34. The molecule has 2 heterocycles. The Morgan fingerprint density at radius 2 is 2.07 bits per heavy atom. The summed E-state index contributed by atoms with van der Waals surface area (Å²) in [6.07, 6.45) is 3.64. The van der Waals surface area contributed by atoms with Crippen molar-refractivity contribution in [2.24, 2.45) is 13.0 Å². The van der Waals surface area contributed by atoms with E-state index in [9.17, 15) is 14.0 Å². The maximum absolute atomic E-state index is 13.9. The Labute approximate surface area is 178 Å². The molecule has 1 aliphatic heterocycles. The number of carbonyl (C=O) groups excluding carboxylic acids is 2. The second kappa shape index (κ2) is 8.71. The molecule has 1 fully saturated rings. The van der Waals surface area contributed by atoms with Crippen LogP contribution in [0, 0.1) is 11.7 Å². The molecule has 1 atom stereocenters. The minimum atomic E-state index is -0.476. The number of amides is 2. The molecule has 2 amide bonds. The number of benzene rings is 2. The van der Waals surface area contributed by atoms with E-state index < -0.39 is 11.7 Å². The molecule has 0 aliphatic carbocycles. The lowest BCUT2D eigenvalue weighted by Gasteiger charge is -2.17. The van der Waals surface area contributed by atoms with Gasteiger partial charge in [-0.1, -0.05) is 30.3 Å². The second-order valence-electron chi connectivity index (χ2n) is 7.21. The van der Waals surface area contributed by atoms with E-state index in [-0.39, 0.29) is 18.2 Å². The number of nitrogens with one attached hydrogen (secondary N) is 1. The summed E-state index contributed by atoms with van der Waals surface area (Å²) in [5, 5.41) is 3.54. The standard InChI is InChI=1S/C22H21FN4O2S/c1-26-10-9-24-22(26)30-19-8-7-17(23)12-18(19)25-21(29)16-11-20(28)27(14-16)13-15-5-3-2-4-6-15/h2-10,12,16H,11,13-14H2,1H3,(H,25,29). The Kier molecular flexibility index (Phi) is 5.85.